The molecule has 1 aliphatic heterocycles. The first-order valence-electron chi connectivity index (χ1n) is 6.20. The Balaban J connectivity index is 2.31. The Kier molecular flexibility index (Phi) is 3.50. The summed E-state index contributed by atoms with van der Waals surface area (Å²) in [5.41, 5.74) is 8.71. The number of rotatable bonds is 2. The van der Waals surface area contributed by atoms with E-state index in [1.807, 2.05) is 19.9 Å². The van der Waals surface area contributed by atoms with E-state index in [-0.39, 0.29) is 11.9 Å². The van der Waals surface area contributed by atoms with Crippen LogP contribution in [0.1, 0.15) is 29.2 Å². The van der Waals surface area contributed by atoms with Crippen LogP contribution >= 0.6 is 0 Å². The van der Waals surface area contributed by atoms with Crippen LogP contribution in [0.25, 0.3) is 0 Å². The maximum absolute atomic E-state index is 14.0. The molecule has 1 heterocycles. The fourth-order valence-electron chi connectivity index (χ4n) is 2.70. The first-order valence-corrected chi connectivity index (χ1v) is 6.20. The standard InChI is InChI=1S/C14H21FN2/c1-9-4-12(13(15)5-10(9)2)14-6-11(7-16)8-17(14)3/h4-5,11,14H,6-8,16H2,1-3H3. The molecule has 2 nitrogen and oxygen atoms in total. The van der Waals surface area contributed by atoms with E-state index in [1.54, 1.807) is 6.07 Å². The minimum Gasteiger partial charge on any atom is -0.330 e. The summed E-state index contributed by atoms with van der Waals surface area (Å²) in [4.78, 5) is 2.21. The zero-order valence-electron chi connectivity index (χ0n) is 10.8. The van der Waals surface area contributed by atoms with Gasteiger partial charge in [0.15, 0.2) is 0 Å². The van der Waals surface area contributed by atoms with Crippen molar-refractivity contribution in [3.63, 3.8) is 0 Å². The van der Waals surface area contributed by atoms with Crippen LogP contribution in [0.4, 0.5) is 4.39 Å². The molecule has 0 bridgehead atoms. The number of hydrogen-bond acceptors (Lipinski definition) is 2. The summed E-state index contributed by atoms with van der Waals surface area (Å²) in [6, 6.07) is 3.82. The zero-order valence-corrected chi connectivity index (χ0v) is 10.8. The molecule has 2 unspecified atom stereocenters. The molecule has 1 fully saturated rings. The topological polar surface area (TPSA) is 29.3 Å². The van der Waals surface area contributed by atoms with Crippen LogP contribution in [0.15, 0.2) is 12.1 Å². The number of hydrogen-bond donors (Lipinski definition) is 1. The van der Waals surface area contributed by atoms with Gasteiger partial charge in [0.2, 0.25) is 0 Å². The minimum absolute atomic E-state index is 0.0809. The molecule has 2 rings (SSSR count). The summed E-state index contributed by atoms with van der Waals surface area (Å²) < 4.78 is 14.0. The van der Waals surface area contributed by atoms with Gasteiger partial charge in [0.1, 0.15) is 5.82 Å². The lowest BCUT2D eigenvalue weighted by molar-refractivity contribution is 0.306. The molecule has 0 saturated carbocycles. The second-order valence-corrected chi connectivity index (χ2v) is 5.25. The zero-order chi connectivity index (χ0) is 12.6. The molecule has 1 aromatic rings. The van der Waals surface area contributed by atoms with Crippen LogP contribution in [0.5, 0.6) is 0 Å². The van der Waals surface area contributed by atoms with Gasteiger partial charge in [-0.3, -0.25) is 4.90 Å². The highest BCUT2D eigenvalue weighted by Gasteiger charge is 2.31. The molecule has 2 atom stereocenters. The summed E-state index contributed by atoms with van der Waals surface area (Å²) in [6.07, 6.45) is 0.965. The Bertz CT molecular complexity index is 417. The van der Waals surface area contributed by atoms with E-state index < -0.39 is 0 Å². The van der Waals surface area contributed by atoms with Crippen molar-refractivity contribution in [3.8, 4) is 0 Å². The number of nitrogens with zero attached hydrogens (tertiary/aromatic N) is 1. The second-order valence-electron chi connectivity index (χ2n) is 5.25. The molecule has 17 heavy (non-hydrogen) atoms. The van der Waals surface area contributed by atoms with Gasteiger partial charge in [0.25, 0.3) is 0 Å². The van der Waals surface area contributed by atoms with Crippen molar-refractivity contribution < 1.29 is 4.39 Å². The van der Waals surface area contributed by atoms with E-state index in [0.717, 1.165) is 29.7 Å². The van der Waals surface area contributed by atoms with Crippen molar-refractivity contribution in [1.82, 2.24) is 4.90 Å². The highest BCUT2D eigenvalue weighted by molar-refractivity contribution is 5.33. The first-order chi connectivity index (χ1) is 8.02. The SMILES string of the molecule is Cc1cc(F)c(C2CC(CN)CN2C)cc1C. The van der Waals surface area contributed by atoms with Crippen LogP contribution in [0.2, 0.25) is 0 Å². The summed E-state index contributed by atoms with van der Waals surface area (Å²) in [5.74, 6) is 0.411. The Morgan fingerprint density at radius 3 is 2.59 bits per heavy atom. The molecule has 0 amide bonds. The molecule has 0 aromatic heterocycles. The first kappa shape index (κ1) is 12.5. The highest BCUT2D eigenvalue weighted by Crippen LogP contribution is 2.35. The lowest BCUT2D eigenvalue weighted by atomic mass is 9.96. The molecule has 0 spiro atoms. The highest BCUT2D eigenvalue weighted by atomic mass is 19.1. The molecule has 0 radical (unpaired) electrons. The maximum atomic E-state index is 14.0. The fourth-order valence-corrected chi connectivity index (χ4v) is 2.70. The molecule has 94 valence electrons. The number of halogens is 1. The molecule has 1 aromatic carbocycles. The van der Waals surface area contributed by atoms with E-state index >= 15 is 0 Å². The van der Waals surface area contributed by atoms with E-state index in [1.165, 1.54) is 0 Å². The Hall–Kier alpha value is -0.930. The number of benzene rings is 1. The summed E-state index contributed by atoms with van der Waals surface area (Å²) in [6.45, 7) is 5.64. The van der Waals surface area contributed by atoms with Crippen LogP contribution in [-0.4, -0.2) is 25.0 Å². The van der Waals surface area contributed by atoms with Crippen molar-refractivity contribution in [2.45, 2.75) is 26.3 Å². The van der Waals surface area contributed by atoms with Crippen LogP contribution < -0.4 is 5.73 Å². The smallest absolute Gasteiger partial charge is 0.128 e. The van der Waals surface area contributed by atoms with Gasteiger partial charge in [-0.2, -0.15) is 0 Å². The second kappa shape index (κ2) is 4.75. The van der Waals surface area contributed by atoms with Gasteiger partial charge in [-0.15, -0.1) is 0 Å². The van der Waals surface area contributed by atoms with Gasteiger partial charge in [-0.1, -0.05) is 6.07 Å². The quantitative estimate of drug-likeness (QED) is 0.854. The van der Waals surface area contributed by atoms with Gasteiger partial charge in [0.05, 0.1) is 0 Å². The van der Waals surface area contributed by atoms with Crippen LogP contribution in [0, 0.1) is 25.6 Å². The predicted octanol–water partition coefficient (Wildman–Crippen LogP) is 2.39. The van der Waals surface area contributed by atoms with Gasteiger partial charge in [0, 0.05) is 18.2 Å². The fraction of sp³-hybridized carbons (Fsp3) is 0.571. The van der Waals surface area contributed by atoms with Crippen LogP contribution in [0.3, 0.4) is 0 Å². The molecule has 3 heteroatoms. The monoisotopic (exact) mass is 236 g/mol. The lowest BCUT2D eigenvalue weighted by Gasteiger charge is -2.21. The van der Waals surface area contributed by atoms with E-state index in [0.29, 0.717) is 12.5 Å². The molecule has 0 aliphatic carbocycles. The van der Waals surface area contributed by atoms with E-state index in [4.69, 9.17) is 5.73 Å². The molecule has 2 N–H and O–H groups in total. The average Bonchev–Trinajstić information content (AvgIpc) is 2.65. The molecular formula is C14H21FN2. The number of aryl methyl sites for hydroxylation is 2. The Labute approximate surface area is 103 Å². The summed E-state index contributed by atoms with van der Waals surface area (Å²) in [7, 11) is 2.05. The van der Waals surface area contributed by atoms with Crippen molar-refractivity contribution in [2.75, 3.05) is 20.1 Å². The van der Waals surface area contributed by atoms with Crippen molar-refractivity contribution in [1.29, 1.82) is 0 Å². The molecule has 1 aliphatic rings. The van der Waals surface area contributed by atoms with Crippen LogP contribution in [-0.2, 0) is 0 Å². The number of nitrogens with two attached hydrogens (primary N) is 1. The van der Waals surface area contributed by atoms with Gasteiger partial charge in [-0.25, -0.2) is 4.39 Å². The van der Waals surface area contributed by atoms with Crippen molar-refractivity contribution in [3.05, 3.63) is 34.6 Å². The Morgan fingerprint density at radius 1 is 1.35 bits per heavy atom. The normalized spacial score (nSPS) is 25.5. The van der Waals surface area contributed by atoms with E-state index in [9.17, 15) is 4.39 Å². The van der Waals surface area contributed by atoms with Crippen molar-refractivity contribution >= 4 is 0 Å². The van der Waals surface area contributed by atoms with Crippen molar-refractivity contribution in [2.24, 2.45) is 11.7 Å². The third-order valence-electron chi connectivity index (χ3n) is 3.94. The average molecular weight is 236 g/mol. The summed E-state index contributed by atoms with van der Waals surface area (Å²) in [5, 5.41) is 0. The summed E-state index contributed by atoms with van der Waals surface area (Å²) >= 11 is 0. The third kappa shape index (κ3) is 2.35. The largest absolute Gasteiger partial charge is 0.330 e. The minimum atomic E-state index is -0.0809. The lowest BCUT2D eigenvalue weighted by Crippen LogP contribution is -2.21. The number of likely N-dealkylation sites (tertiary alicyclic amines) is 1. The third-order valence-corrected chi connectivity index (χ3v) is 3.94. The van der Waals surface area contributed by atoms with Gasteiger partial charge in [-0.05, 0) is 57.0 Å². The maximum Gasteiger partial charge on any atom is 0.128 e. The van der Waals surface area contributed by atoms with Gasteiger partial charge >= 0.3 is 0 Å². The predicted molar refractivity (Wildman–Crippen MR) is 68.4 cm³/mol. The molecular weight excluding hydrogens is 215 g/mol. The molecule has 1 saturated heterocycles. The van der Waals surface area contributed by atoms with E-state index in [2.05, 4.69) is 11.9 Å². The van der Waals surface area contributed by atoms with Gasteiger partial charge < -0.3 is 5.73 Å². The Morgan fingerprint density at radius 2 is 2.00 bits per heavy atom.